The van der Waals surface area contributed by atoms with Crippen molar-refractivity contribution in [2.24, 2.45) is 11.8 Å². The first kappa shape index (κ1) is 24.3. The largest absolute Gasteiger partial charge is 0.436 e. The molecule has 1 N–H and O–H groups in total. The Morgan fingerprint density at radius 1 is 0.917 bits per heavy atom. The first-order chi connectivity index (χ1) is 17.6. The zero-order valence-corrected chi connectivity index (χ0v) is 22.0. The number of aromatic nitrogens is 1. The van der Waals surface area contributed by atoms with Crippen molar-refractivity contribution in [2.45, 2.75) is 68.1 Å². The number of nitrogens with zero attached hydrogens (tertiary/aromatic N) is 2. The monoisotopic (exact) mass is 503 g/mol. The molecule has 2 atom stereocenters. The van der Waals surface area contributed by atoms with E-state index in [1.807, 2.05) is 36.5 Å². The number of rotatable bonds is 8. The minimum Gasteiger partial charge on any atom is -0.436 e. The third kappa shape index (κ3) is 4.78. The third-order valence-corrected chi connectivity index (χ3v) is 10.6. The highest BCUT2D eigenvalue weighted by Gasteiger charge is 2.48. The van der Waals surface area contributed by atoms with Gasteiger partial charge in [-0.2, -0.15) is 0 Å². The topological polar surface area (TPSA) is 46.3 Å². The molecule has 2 bridgehead atoms. The van der Waals surface area contributed by atoms with Crippen molar-refractivity contribution in [3.05, 3.63) is 89.6 Å². The Labute approximate surface area is 219 Å². The zero-order valence-electron chi connectivity index (χ0n) is 21.2. The highest BCUT2D eigenvalue weighted by Crippen LogP contribution is 2.45. The highest BCUT2D eigenvalue weighted by molar-refractivity contribution is 7.99. The molecular weight excluding hydrogens is 464 g/mol. The molecule has 0 unspecified atom stereocenters. The number of benzene rings is 2. The average Bonchev–Trinajstić information content (AvgIpc) is 3.42. The van der Waals surface area contributed by atoms with Crippen LogP contribution < -0.4 is 0 Å². The Balaban J connectivity index is 1.20. The quantitative estimate of drug-likeness (QED) is 0.355. The second-order valence-corrected chi connectivity index (χ2v) is 12.6. The van der Waals surface area contributed by atoms with Gasteiger partial charge >= 0.3 is 0 Å². The standard InChI is InChI=1S/C31H39N2O2S/c34-31(26-12-6-2-7-13-26,27-14-8-3-9-15-27)30-32-20-28(35-30)21-33-18-16-25(17-19-33)29(22-33)36-23-24-10-4-1-5-11-24/h1-2,4-7,10-13,20,25,27,29,34H,3,8-9,14-19,21-23H2/q+1/t25?,29-,31+,33?/m1/s1. The van der Waals surface area contributed by atoms with Gasteiger partial charge in [0.2, 0.25) is 5.89 Å². The van der Waals surface area contributed by atoms with Crippen LogP contribution in [0.1, 0.15) is 67.7 Å². The Morgan fingerprint density at radius 3 is 2.33 bits per heavy atom. The second-order valence-electron chi connectivity index (χ2n) is 11.4. The fourth-order valence-electron chi connectivity index (χ4n) is 7.04. The Kier molecular flexibility index (Phi) is 6.98. The number of fused-ring (bicyclic) bond motifs is 3. The maximum absolute atomic E-state index is 12.2. The van der Waals surface area contributed by atoms with Crippen LogP contribution in [0.3, 0.4) is 0 Å². The summed E-state index contributed by atoms with van der Waals surface area (Å²) in [5.74, 6) is 3.52. The number of hydrogen-bond acceptors (Lipinski definition) is 4. The number of oxazole rings is 1. The van der Waals surface area contributed by atoms with Crippen molar-refractivity contribution < 1.29 is 14.0 Å². The fraction of sp³-hybridized carbons (Fsp3) is 0.516. The molecule has 4 fully saturated rings. The number of thioether (sulfide) groups is 1. The summed E-state index contributed by atoms with van der Waals surface area (Å²) in [7, 11) is 0. The molecule has 0 amide bonds. The van der Waals surface area contributed by atoms with Gasteiger partial charge in [0.05, 0.1) is 31.1 Å². The van der Waals surface area contributed by atoms with Crippen LogP contribution in [-0.2, 0) is 17.9 Å². The van der Waals surface area contributed by atoms with E-state index in [9.17, 15) is 5.11 Å². The van der Waals surface area contributed by atoms with Gasteiger partial charge in [0.1, 0.15) is 6.54 Å². The van der Waals surface area contributed by atoms with Crippen LogP contribution in [-0.4, -0.2) is 39.5 Å². The van der Waals surface area contributed by atoms with Gasteiger partial charge in [-0.15, -0.1) is 11.8 Å². The Bertz CT molecular complexity index is 1120. The van der Waals surface area contributed by atoms with Gasteiger partial charge in [0.15, 0.2) is 11.4 Å². The van der Waals surface area contributed by atoms with Crippen molar-refractivity contribution in [1.82, 2.24) is 4.98 Å². The molecule has 4 nitrogen and oxygen atoms in total. The SMILES string of the molecule is O[C@](c1ccccc1)(c1ncc(C[N+]23CCC(CC2)[C@H](SCc2ccccc2)C3)o1)C1CCCCC1. The molecule has 5 heteroatoms. The average molecular weight is 504 g/mol. The predicted octanol–water partition coefficient (Wildman–Crippen LogP) is 6.53. The first-order valence-corrected chi connectivity index (χ1v) is 14.9. The molecular formula is C31H39N2O2S+. The lowest BCUT2D eigenvalue weighted by molar-refractivity contribution is -0.954. The maximum Gasteiger partial charge on any atom is 0.231 e. The molecule has 3 aromatic rings. The van der Waals surface area contributed by atoms with Gasteiger partial charge in [-0.3, -0.25) is 0 Å². The molecule has 0 radical (unpaired) electrons. The van der Waals surface area contributed by atoms with E-state index >= 15 is 0 Å². The van der Waals surface area contributed by atoms with E-state index in [0.717, 1.165) is 59.7 Å². The Morgan fingerprint density at radius 2 is 1.61 bits per heavy atom. The van der Waals surface area contributed by atoms with Crippen molar-refractivity contribution >= 4 is 11.8 Å². The zero-order chi connectivity index (χ0) is 24.4. The molecule has 190 valence electrons. The summed E-state index contributed by atoms with van der Waals surface area (Å²) in [5.41, 5.74) is 1.19. The molecule has 1 aliphatic carbocycles. The van der Waals surface area contributed by atoms with Gasteiger partial charge in [0, 0.05) is 24.5 Å². The minimum absolute atomic E-state index is 0.150. The lowest BCUT2D eigenvalue weighted by Crippen LogP contribution is -2.62. The first-order valence-electron chi connectivity index (χ1n) is 13.9. The van der Waals surface area contributed by atoms with Crippen molar-refractivity contribution in [3.63, 3.8) is 0 Å². The summed E-state index contributed by atoms with van der Waals surface area (Å²) in [4.78, 5) is 4.75. The van der Waals surface area contributed by atoms with Gasteiger partial charge in [-0.25, -0.2) is 4.98 Å². The molecule has 2 aromatic carbocycles. The van der Waals surface area contributed by atoms with Crippen LogP contribution in [0, 0.1) is 11.8 Å². The molecule has 3 aliphatic heterocycles. The predicted molar refractivity (Wildman–Crippen MR) is 145 cm³/mol. The summed E-state index contributed by atoms with van der Waals surface area (Å²) in [6.07, 6.45) is 10.1. The van der Waals surface area contributed by atoms with E-state index < -0.39 is 5.60 Å². The molecule has 4 heterocycles. The van der Waals surface area contributed by atoms with E-state index in [2.05, 4.69) is 42.1 Å². The summed E-state index contributed by atoms with van der Waals surface area (Å²) in [6.45, 7) is 4.56. The Hall–Kier alpha value is -2.08. The van der Waals surface area contributed by atoms with Crippen LogP contribution in [0.15, 0.2) is 71.3 Å². The van der Waals surface area contributed by atoms with Crippen LogP contribution in [0.4, 0.5) is 0 Å². The number of aliphatic hydroxyl groups is 1. The molecule has 36 heavy (non-hydrogen) atoms. The van der Waals surface area contributed by atoms with E-state index in [4.69, 9.17) is 9.40 Å². The molecule has 4 aliphatic rings. The number of piperidine rings is 3. The van der Waals surface area contributed by atoms with Gasteiger partial charge in [-0.05, 0) is 29.9 Å². The number of quaternary nitrogens is 1. The van der Waals surface area contributed by atoms with Crippen molar-refractivity contribution in [3.8, 4) is 0 Å². The van der Waals surface area contributed by atoms with Crippen molar-refractivity contribution in [1.29, 1.82) is 0 Å². The fourth-order valence-corrected chi connectivity index (χ4v) is 8.61. The summed E-state index contributed by atoms with van der Waals surface area (Å²) < 4.78 is 7.59. The van der Waals surface area contributed by atoms with Gasteiger partial charge < -0.3 is 14.0 Å². The lowest BCUT2D eigenvalue weighted by atomic mass is 9.73. The van der Waals surface area contributed by atoms with E-state index in [-0.39, 0.29) is 5.92 Å². The highest BCUT2D eigenvalue weighted by atomic mass is 32.2. The maximum atomic E-state index is 12.2. The summed E-state index contributed by atoms with van der Waals surface area (Å²) >= 11 is 2.15. The smallest absolute Gasteiger partial charge is 0.231 e. The van der Waals surface area contributed by atoms with Crippen molar-refractivity contribution in [2.75, 3.05) is 19.6 Å². The normalized spacial score (nSPS) is 28.1. The van der Waals surface area contributed by atoms with Crippen LogP contribution in [0.25, 0.3) is 0 Å². The van der Waals surface area contributed by atoms with Gasteiger partial charge in [-0.1, -0.05) is 79.9 Å². The van der Waals surface area contributed by atoms with E-state index in [1.165, 1.54) is 44.5 Å². The van der Waals surface area contributed by atoms with E-state index in [0.29, 0.717) is 11.1 Å². The van der Waals surface area contributed by atoms with Crippen LogP contribution in [0.5, 0.6) is 0 Å². The van der Waals surface area contributed by atoms with Crippen LogP contribution in [0.2, 0.25) is 0 Å². The molecule has 1 saturated carbocycles. The minimum atomic E-state index is -1.15. The number of hydrogen-bond donors (Lipinski definition) is 1. The third-order valence-electron chi connectivity index (χ3n) is 9.13. The molecule has 0 spiro atoms. The summed E-state index contributed by atoms with van der Waals surface area (Å²) in [6, 6.07) is 21.0. The second kappa shape index (κ2) is 10.4. The lowest BCUT2D eigenvalue weighted by Gasteiger charge is -2.52. The molecule has 7 rings (SSSR count). The van der Waals surface area contributed by atoms with Gasteiger partial charge in [0.25, 0.3) is 0 Å². The van der Waals surface area contributed by atoms with Crippen LogP contribution >= 0.6 is 11.8 Å². The summed E-state index contributed by atoms with van der Waals surface area (Å²) in [5, 5.41) is 12.9. The van der Waals surface area contributed by atoms with E-state index in [1.54, 1.807) is 0 Å². The molecule has 3 saturated heterocycles. The molecule has 1 aromatic heterocycles.